The summed E-state index contributed by atoms with van der Waals surface area (Å²) < 4.78 is 13.8. The van der Waals surface area contributed by atoms with Crippen LogP contribution in [0.3, 0.4) is 0 Å². The number of hydrogen-bond donors (Lipinski definition) is 5. The summed E-state index contributed by atoms with van der Waals surface area (Å²) in [4.78, 5) is 21.4. The molecule has 4 aromatic rings. The van der Waals surface area contributed by atoms with Crippen molar-refractivity contribution in [2.45, 2.75) is 23.0 Å². The number of benzene rings is 2. The molecule has 0 aliphatic rings. The molecule has 0 bridgehead atoms. The number of carbonyl (C=O) groups excluding carboxylic acids is 1. The van der Waals surface area contributed by atoms with Gasteiger partial charge in [0.15, 0.2) is 6.29 Å². The lowest BCUT2D eigenvalue weighted by Gasteiger charge is -2.10. The zero-order valence-corrected chi connectivity index (χ0v) is 18.4. The van der Waals surface area contributed by atoms with Crippen molar-refractivity contribution >= 4 is 29.2 Å². The van der Waals surface area contributed by atoms with Crippen molar-refractivity contribution in [3.8, 4) is 11.4 Å². The fraction of sp³-hybridized carbons (Fsp3) is 0.0833. The van der Waals surface area contributed by atoms with Crippen molar-refractivity contribution in [2.24, 2.45) is 0 Å². The SMILES string of the molecule is Cc1ccc(F)c(NC(=O)Nc2ccc(Sc3ccnc(-c4cc(C(O)O)c[nH]4)c3)cc2)c1. The van der Waals surface area contributed by atoms with Crippen LogP contribution >= 0.6 is 11.8 Å². The topological polar surface area (TPSA) is 110 Å². The predicted molar refractivity (Wildman–Crippen MR) is 126 cm³/mol. The molecule has 0 aliphatic heterocycles. The molecule has 2 heterocycles. The van der Waals surface area contributed by atoms with Gasteiger partial charge in [-0.25, -0.2) is 9.18 Å². The number of aromatic amines is 1. The van der Waals surface area contributed by atoms with E-state index in [9.17, 15) is 19.4 Å². The molecule has 168 valence electrons. The number of anilines is 2. The molecule has 0 saturated carbocycles. The summed E-state index contributed by atoms with van der Waals surface area (Å²) in [7, 11) is 0. The molecule has 0 saturated heterocycles. The first-order valence-electron chi connectivity index (χ1n) is 10.0. The van der Waals surface area contributed by atoms with E-state index in [1.807, 2.05) is 31.2 Å². The summed E-state index contributed by atoms with van der Waals surface area (Å²) in [6, 6.07) is 16.6. The summed E-state index contributed by atoms with van der Waals surface area (Å²) in [5, 5.41) is 23.7. The van der Waals surface area contributed by atoms with E-state index in [-0.39, 0.29) is 5.69 Å². The highest BCUT2D eigenvalue weighted by atomic mass is 32.2. The number of aromatic nitrogens is 2. The third-order valence-corrected chi connectivity index (χ3v) is 5.73. The number of urea groups is 1. The molecule has 4 rings (SSSR count). The Morgan fingerprint density at radius 2 is 1.82 bits per heavy atom. The Kier molecular flexibility index (Phi) is 6.74. The first kappa shape index (κ1) is 22.5. The van der Waals surface area contributed by atoms with Gasteiger partial charge in [0.2, 0.25) is 0 Å². The van der Waals surface area contributed by atoms with Crippen molar-refractivity contribution in [3.63, 3.8) is 0 Å². The van der Waals surface area contributed by atoms with Gasteiger partial charge in [-0.1, -0.05) is 17.8 Å². The normalized spacial score (nSPS) is 10.9. The van der Waals surface area contributed by atoms with Crippen LogP contribution in [-0.4, -0.2) is 26.2 Å². The maximum atomic E-state index is 13.8. The minimum atomic E-state index is -1.54. The highest BCUT2D eigenvalue weighted by Crippen LogP contribution is 2.31. The number of nitrogens with zero attached hydrogens (tertiary/aromatic N) is 1. The molecule has 0 unspecified atom stereocenters. The Morgan fingerprint density at radius 3 is 2.55 bits per heavy atom. The quantitative estimate of drug-likeness (QED) is 0.249. The van der Waals surface area contributed by atoms with Crippen LogP contribution in [0.1, 0.15) is 17.4 Å². The number of H-pyrrole nitrogens is 1. The van der Waals surface area contributed by atoms with E-state index in [2.05, 4.69) is 20.6 Å². The fourth-order valence-electron chi connectivity index (χ4n) is 3.09. The number of hydrogen-bond acceptors (Lipinski definition) is 5. The van der Waals surface area contributed by atoms with Gasteiger partial charge in [-0.2, -0.15) is 0 Å². The van der Waals surface area contributed by atoms with Gasteiger partial charge < -0.3 is 25.8 Å². The molecular weight excluding hydrogens is 443 g/mol. The van der Waals surface area contributed by atoms with E-state index < -0.39 is 18.1 Å². The predicted octanol–water partition coefficient (Wildman–Crippen LogP) is 5.30. The Bertz CT molecular complexity index is 1270. The van der Waals surface area contributed by atoms with Crippen LogP contribution in [0.25, 0.3) is 11.4 Å². The fourth-order valence-corrected chi connectivity index (χ4v) is 3.94. The van der Waals surface area contributed by atoms with Gasteiger partial charge in [0.05, 0.1) is 17.1 Å². The van der Waals surface area contributed by atoms with Gasteiger partial charge in [0, 0.05) is 33.4 Å². The highest BCUT2D eigenvalue weighted by Gasteiger charge is 2.10. The Morgan fingerprint density at radius 1 is 1.03 bits per heavy atom. The number of aryl methyl sites for hydroxylation is 1. The van der Waals surface area contributed by atoms with Crippen LogP contribution in [0.5, 0.6) is 0 Å². The second kappa shape index (κ2) is 9.86. The molecule has 7 nitrogen and oxygen atoms in total. The van der Waals surface area contributed by atoms with Crippen LogP contribution in [0.15, 0.2) is 82.8 Å². The monoisotopic (exact) mass is 464 g/mol. The molecule has 2 aromatic carbocycles. The lowest BCUT2D eigenvalue weighted by atomic mass is 10.2. The highest BCUT2D eigenvalue weighted by molar-refractivity contribution is 7.99. The number of amides is 2. The van der Waals surface area contributed by atoms with Gasteiger partial charge in [0.25, 0.3) is 0 Å². The summed E-state index contributed by atoms with van der Waals surface area (Å²) >= 11 is 1.51. The number of aliphatic hydroxyl groups is 2. The zero-order chi connectivity index (χ0) is 23.4. The zero-order valence-electron chi connectivity index (χ0n) is 17.5. The number of carbonyl (C=O) groups is 1. The largest absolute Gasteiger partial charge is 0.364 e. The first-order valence-corrected chi connectivity index (χ1v) is 10.8. The second-order valence-corrected chi connectivity index (χ2v) is 8.43. The van der Waals surface area contributed by atoms with E-state index in [4.69, 9.17) is 0 Å². The lowest BCUT2D eigenvalue weighted by molar-refractivity contribution is -0.0423. The minimum Gasteiger partial charge on any atom is -0.364 e. The molecule has 33 heavy (non-hydrogen) atoms. The van der Waals surface area contributed by atoms with E-state index in [1.54, 1.807) is 36.5 Å². The van der Waals surface area contributed by atoms with Gasteiger partial charge in [-0.15, -0.1) is 0 Å². The molecule has 0 atom stereocenters. The minimum absolute atomic E-state index is 0.121. The summed E-state index contributed by atoms with van der Waals surface area (Å²) in [5.41, 5.74) is 3.25. The van der Waals surface area contributed by atoms with E-state index in [1.165, 1.54) is 24.0 Å². The van der Waals surface area contributed by atoms with Crippen LogP contribution in [-0.2, 0) is 0 Å². The maximum absolute atomic E-state index is 13.8. The molecule has 0 fully saturated rings. The van der Waals surface area contributed by atoms with Crippen molar-refractivity contribution < 1.29 is 19.4 Å². The van der Waals surface area contributed by atoms with Gasteiger partial charge in [0.1, 0.15) is 5.82 Å². The lowest BCUT2D eigenvalue weighted by Crippen LogP contribution is -2.20. The standard InChI is InChI=1S/C24H21FN4O3S/c1-14-2-7-19(25)20(10-14)29-24(32)28-16-3-5-17(6-4-16)33-18-8-9-26-22(12-18)21-11-15(13-27-21)23(30)31/h2-13,23,27,30-31H,1H3,(H2,28,29,32). The molecule has 2 amide bonds. The van der Waals surface area contributed by atoms with Gasteiger partial charge in [-0.05, 0) is 67.1 Å². The van der Waals surface area contributed by atoms with E-state index in [0.717, 1.165) is 15.4 Å². The summed E-state index contributed by atoms with van der Waals surface area (Å²) in [6.45, 7) is 1.82. The molecule has 0 aliphatic carbocycles. The van der Waals surface area contributed by atoms with E-state index in [0.29, 0.717) is 22.6 Å². The maximum Gasteiger partial charge on any atom is 0.323 e. The number of halogens is 1. The number of aliphatic hydroxyl groups excluding tert-OH is 1. The molecule has 9 heteroatoms. The van der Waals surface area contributed by atoms with Gasteiger partial charge >= 0.3 is 6.03 Å². The Labute approximate surface area is 193 Å². The van der Waals surface area contributed by atoms with Crippen LogP contribution in [0.4, 0.5) is 20.6 Å². The third kappa shape index (κ3) is 5.78. The Hall–Kier alpha value is -3.66. The molecule has 5 N–H and O–H groups in total. The third-order valence-electron chi connectivity index (χ3n) is 4.73. The second-order valence-electron chi connectivity index (χ2n) is 7.29. The molecule has 2 aromatic heterocycles. The smallest absolute Gasteiger partial charge is 0.323 e. The molecule has 0 radical (unpaired) electrons. The Balaban J connectivity index is 1.39. The summed E-state index contributed by atoms with van der Waals surface area (Å²) in [6.07, 6.45) is 1.66. The van der Waals surface area contributed by atoms with Crippen molar-refractivity contribution in [1.82, 2.24) is 9.97 Å². The average Bonchev–Trinajstić information content (AvgIpc) is 3.29. The molecular formula is C24H21FN4O3S. The van der Waals surface area contributed by atoms with Crippen molar-refractivity contribution in [2.75, 3.05) is 10.6 Å². The first-order chi connectivity index (χ1) is 15.9. The van der Waals surface area contributed by atoms with Crippen molar-refractivity contribution in [3.05, 3.63) is 90.0 Å². The van der Waals surface area contributed by atoms with Crippen LogP contribution in [0, 0.1) is 12.7 Å². The van der Waals surface area contributed by atoms with Gasteiger partial charge in [-0.3, -0.25) is 4.98 Å². The van der Waals surface area contributed by atoms with E-state index >= 15 is 0 Å². The molecule has 0 spiro atoms. The average molecular weight is 465 g/mol. The van der Waals surface area contributed by atoms with Crippen LogP contribution < -0.4 is 10.6 Å². The van der Waals surface area contributed by atoms with Crippen molar-refractivity contribution in [1.29, 1.82) is 0 Å². The summed E-state index contributed by atoms with van der Waals surface area (Å²) in [5.74, 6) is -0.498. The van der Waals surface area contributed by atoms with Crippen LogP contribution in [0.2, 0.25) is 0 Å². The number of pyridine rings is 1. The number of nitrogens with one attached hydrogen (secondary N) is 3. The number of rotatable bonds is 6.